The zero-order chi connectivity index (χ0) is 14.4. The van der Waals surface area contributed by atoms with Gasteiger partial charge in [-0.25, -0.2) is 4.68 Å². The maximum Gasteiger partial charge on any atom is 0.283 e. The fraction of sp³-hybridized carbons (Fsp3) is 0.692. The van der Waals surface area contributed by atoms with Crippen molar-refractivity contribution < 1.29 is 4.74 Å². The van der Waals surface area contributed by atoms with E-state index in [2.05, 4.69) is 47.1 Å². The van der Waals surface area contributed by atoms with Crippen molar-refractivity contribution in [3.05, 3.63) is 21.0 Å². The van der Waals surface area contributed by atoms with E-state index in [1.165, 1.54) is 4.68 Å². The highest BCUT2D eigenvalue weighted by molar-refractivity contribution is 9.10. The van der Waals surface area contributed by atoms with Crippen LogP contribution in [0.25, 0.3) is 0 Å². The smallest absolute Gasteiger partial charge is 0.283 e. The van der Waals surface area contributed by atoms with Crippen molar-refractivity contribution in [2.45, 2.75) is 39.8 Å². The molecular formula is C13H22BrN3O2. The van der Waals surface area contributed by atoms with E-state index in [9.17, 15) is 4.79 Å². The molecule has 6 heteroatoms. The molecule has 1 N–H and O–H groups in total. The summed E-state index contributed by atoms with van der Waals surface area (Å²) in [5.41, 5.74) is 0.602. The first kappa shape index (κ1) is 16.2. The van der Waals surface area contributed by atoms with E-state index >= 15 is 0 Å². The second-order valence-electron chi connectivity index (χ2n) is 4.71. The first-order chi connectivity index (χ1) is 9.01. The summed E-state index contributed by atoms with van der Waals surface area (Å²) in [7, 11) is 1.60. The summed E-state index contributed by atoms with van der Waals surface area (Å²) in [4.78, 5) is 12.1. The fourth-order valence-corrected chi connectivity index (χ4v) is 2.07. The Kier molecular flexibility index (Phi) is 6.51. The van der Waals surface area contributed by atoms with E-state index < -0.39 is 0 Å². The van der Waals surface area contributed by atoms with Gasteiger partial charge in [0.25, 0.3) is 5.56 Å². The van der Waals surface area contributed by atoms with Gasteiger partial charge in [0.15, 0.2) is 0 Å². The minimum Gasteiger partial charge on any atom is -0.383 e. The third-order valence-electron chi connectivity index (χ3n) is 3.37. The molecule has 1 aromatic heterocycles. The van der Waals surface area contributed by atoms with Crippen molar-refractivity contribution in [2.75, 3.05) is 19.0 Å². The van der Waals surface area contributed by atoms with Crippen LogP contribution in [0.4, 0.5) is 5.69 Å². The number of aromatic nitrogens is 2. The Labute approximate surface area is 122 Å². The lowest BCUT2D eigenvalue weighted by Crippen LogP contribution is -2.29. The number of ether oxygens (including phenoxy) is 1. The van der Waals surface area contributed by atoms with Gasteiger partial charge in [0.05, 0.1) is 25.0 Å². The van der Waals surface area contributed by atoms with Crippen molar-refractivity contribution >= 4 is 21.6 Å². The summed E-state index contributed by atoms with van der Waals surface area (Å²) in [5.74, 6) is 0.530. The molecule has 0 saturated heterocycles. The maximum absolute atomic E-state index is 12.1. The van der Waals surface area contributed by atoms with Gasteiger partial charge in [0.1, 0.15) is 4.47 Å². The third kappa shape index (κ3) is 4.31. The molecule has 5 nitrogen and oxygen atoms in total. The van der Waals surface area contributed by atoms with Gasteiger partial charge in [-0.05, 0) is 28.8 Å². The van der Waals surface area contributed by atoms with Crippen molar-refractivity contribution in [3.8, 4) is 0 Å². The number of hydrogen-bond donors (Lipinski definition) is 1. The molecule has 1 aromatic rings. The van der Waals surface area contributed by atoms with Gasteiger partial charge in [-0.3, -0.25) is 4.79 Å². The molecule has 0 aliphatic heterocycles. The molecule has 0 amide bonds. The summed E-state index contributed by atoms with van der Waals surface area (Å²) >= 11 is 3.35. The largest absolute Gasteiger partial charge is 0.383 e. The van der Waals surface area contributed by atoms with E-state index in [0.29, 0.717) is 23.5 Å². The Morgan fingerprint density at radius 2 is 2.21 bits per heavy atom. The SMILES string of the molecule is CCC(C)C(C)Nc1cnn(CCOC)c(=O)c1Br. The number of anilines is 1. The second kappa shape index (κ2) is 7.65. The van der Waals surface area contributed by atoms with E-state index in [-0.39, 0.29) is 11.6 Å². The number of hydrogen-bond acceptors (Lipinski definition) is 4. The van der Waals surface area contributed by atoms with Crippen LogP contribution in [0.1, 0.15) is 27.2 Å². The van der Waals surface area contributed by atoms with E-state index in [0.717, 1.165) is 12.1 Å². The van der Waals surface area contributed by atoms with Crippen molar-refractivity contribution in [1.82, 2.24) is 9.78 Å². The molecule has 0 fully saturated rings. The highest BCUT2D eigenvalue weighted by Gasteiger charge is 2.14. The van der Waals surface area contributed by atoms with Gasteiger partial charge in [-0.1, -0.05) is 20.3 Å². The Balaban J connectivity index is 2.87. The molecule has 0 spiro atoms. The monoisotopic (exact) mass is 331 g/mol. The van der Waals surface area contributed by atoms with Gasteiger partial charge in [0, 0.05) is 13.2 Å². The van der Waals surface area contributed by atoms with Crippen LogP contribution in [0.15, 0.2) is 15.5 Å². The lowest BCUT2D eigenvalue weighted by molar-refractivity contribution is 0.181. The molecule has 0 bridgehead atoms. The van der Waals surface area contributed by atoms with Gasteiger partial charge in [0.2, 0.25) is 0 Å². The Hall–Kier alpha value is -0.880. The van der Waals surface area contributed by atoms with Crippen LogP contribution >= 0.6 is 15.9 Å². The molecule has 0 saturated carbocycles. The molecule has 108 valence electrons. The van der Waals surface area contributed by atoms with Crippen LogP contribution in [0.3, 0.4) is 0 Å². The van der Waals surface area contributed by atoms with Crippen LogP contribution in [0, 0.1) is 5.92 Å². The lowest BCUT2D eigenvalue weighted by atomic mass is 10.0. The maximum atomic E-state index is 12.1. The van der Waals surface area contributed by atoms with Crippen LogP contribution in [-0.4, -0.2) is 29.5 Å². The quantitative estimate of drug-likeness (QED) is 0.834. The zero-order valence-electron chi connectivity index (χ0n) is 11.9. The predicted octanol–water partition coefficient (Wildman–Crippen LogP) is 2.50. The first-order valence-corrected chi connectivity index (χ1v) is 7.31. The minimum absolute atomic E-state index is 0.140. The van der Waals surface area contributed by atoms with Crippen molar-refractivity contribution in [3.63, 3.8) is 0 Å². The average molecular weight is 332 g/mol. The van der Waals surface area contributed by atoms with Crippen molar-refractivity contribution in [1.29, 1.82) is 0 Å². The molecule has 19 heavy (non-hydrogen) atoms. The van der Waals surface area contributed by atoms with Crippen LogP contribution in [0.5, 0.6) is 0 Å². The van der Waals surface area contributed by atoms with Gasteiger partial charge in [-0.15, -0.1) is 0 Å². The van der Waals surface area contributed by atoms with Crippen LogP contribution in [-0.2, 0) is 11.3 Å². The van der Waals surface area contributed by atoms with E-state index in [1.807, 2.05) is 0 Å². The molecule has 2 atom stereocenters. The second-order valence-corrected chi connectivity index (χ2v) is 5.50. The third-order valence-corrected chi connectivity index (χ3v) is 4.14. The molecule has 1 rings (SSSR count). The van der Waals surface area contributed by atoms with E-state index in [4.69, 9.17) is 4.74 Å². The van der Waals surface area contributed by atoms with Gasteiger partial charge >= 0.3 is 0 Å². The highest BCUT2D eigenvalue weighted by atomic mass is 79.9. The van der Waals surface area contributed by atoms with Gasteiger partial charge < -0.3 is 10.1 Å². The Morgan fingerprint density at radius 3 is 2.79 bits per heavy atom. The Morgan fingerprint density at radius 1 is 1.53 bits per heavy atom. The molecular weight excluding hydrogens is 310 g/mol. The minimum atomic E-state index is -0.140. The van der Waals surface area contributed by atoms with Gasteiger partial charge in [-0.2, -0.15) is 5.10 Å². The fourth-order valence-electron chi connectivity index (χ4n) is 1.64. The predicted molar refractivity (Wildman–Crippen MR) is 80.6 cm³/mol. The molecule has 0 radical (unpaired) electrons. The molecule has 1 heterocycles. The average Bonchev–Trinajstić information content (AvgIpc) is 2.42. The van der Waals surface area contributed by atoms with Crippen molar-refractivity contribution in [2.24, 2.45) is 5.92 Å². The number of methoxy groups -OCH3 is 1. The summed E-state index contributed by atoms with van der Waals surface area (Å²) < 4.78 is 6.87. The molecule has 0 aliphatic carbocycles. The summed E-state index contributed by atoms with van der Waals surface area (Å²) in [5, 5.41) is 7.48. The summed E-state index contributed by atoms with van der Waals surface area (Å²) in [6.07, 6.45) is 2.77. The standard InChI is InChI=1S/C13H22BrN3O2/c1-5-9(2)10(3)16-11-8-15-17(6-7-19-4)13(18)12(11)14/h8-10,16H,5-7H2,1-4H3. The number of nitrogens with zero attached hydrogens (tertiary/aromatic N) is 2. The lowest BCUT2D eigenvalue weighted by Gasteiger charge is -2.21. The number of nitrogens with one attached hydrogen (secondary N) is 1. The number of rotatable bonds is 7. The Bertz CT molecular complexity index is 462. The number of halogens is 1. The van der Waals surface area contributed by atoms with Crippen LogP contribution in [0.2, 0.25) is 0 Å². The van der Waals surface area contributed by atoms with Crippen LogP contribution < -0.4 is 10.9 Å². The molecule has 0 aliphatic rings. The zero-order valence-corrected chi connectivity index (χ0v) is 13.5. The summed E-state index contributed by atoms with van der Waals surface area (Å²) in [6.45, 7) is 7.36. The molecule has 2 unspecified atom stereocenters. The highest BCUT2D eigenvalue weighted by Crippen LogP contribution is 2.20. The first-order valence-electron chi connectivity index (χ1n) is 6.52. The topological polar surface area (TPSA) is 56.1 Å². The molecule has 0 aromatic carbocycles. The van der Waals surface area contributed by atoms with E-state index in [1.54, 1.807) is 13.3 Å². The summed E-state index contributed by atoms with van der Waals surface area (Å²) in [6, 6.07) is 0.289. The normalized spacial score (nSPS) is 14.2.